The molecule has 0 bridgehead atoms. The lowest BCUT2D eigenvalue weighted by molar-refractivity contribution is 0.408. The molecule has 172 valence electrons. The first kappa shape index (κ1) is 23.6. The van der Waals surface area contributed by atoms with Gasteiger partial charge in [0.25, 0.3) is 0 Å². The normalized spacial score (nSPS) is 12.7. The smallest absolute Gasteiger partial charge is 0.162 e. The zero-order valence-electron chi connectivity index (χ0n) is 19.2. The summed E-state index contributed by atoms with van der Waals surface area (Å²) >= 11 is 5.53. The van der Waals surface area contributed by atoms with Crippen LogP contribution >= 0.6 is 27.3 Å². The first-order chi connectivity index (χ1) is 15.8. The standard InChI is InChI=1S/C25H28BrN5OS/c1-25(2,3)22-19(26)20-21(33-22)24(31-23(30-20)15-9-11-28-12-10-15)29-14-17(27)13-16-7-5-6-8-18(16)32-4/h5-12,17H,13-14,27H2,1-4H3,(H,29,30,31)/t17-/m0/s1. The Morgan fingerprint density at radius 1 is 1.12 bits per heavy atom. The van der Waals surface area contributed by atoms with Crippen LogP contribution in [-0.4, -0.2) is 34.6 Å². The first-order valence-corrected chi connectivity index (χ1v) is 12.4. The van der Waals surface area contributed by atoms with Crippen LogP contribution in [-0.2, 0) is 11.8 Å². The van der Waals surface area contributed by atoms with Crippen LogP contribution in [0.25, 0.3) is 21.6 Å². The molecule has 3 N–H and O–H groups in total. The van der Waals surface area contributed by atoms with Crippen LogP contribution in [0.4, 0.5) is 5.82 Å². The number of para-hydroxylation sites is 1. The number of hydrogen-bond acceptors (Lipinski definition) is 7. The van der Waals surface area contributed by atoms with Gasteiger partial charge in [0.2, 0.25) is 0 Å². The molecule has 0 unspecified atom stereocenters. The monoisotopic (exact) mass is 525 g/mol. The van der Waals surface area contributed by atoms with Crippen molar-refractivity contribution in [2.24, 2.45) is 5.73 Å². The van der Waals surface area contributed by atoms with Crippen LogP contribution in [0.1, 0.15) is 31.2 Å². The molecule has 0 amide bonds. The van der Waals surface area contributed by atoms with Crippen LogP contribution in [0, 0.1) is 0 Å². The summed E-state index contributed by atoms with van der Waals surface area (Å²) in [5.74, 6) is 2.31. The lowest BCUT2D eigenvalue weighted by atomic mass is 9.95. The first-order valence-electron chi connectivity index (χ1n) is 10.8. The van der Waals surface area contributed by atoms with Crippen molar-refractivity contribution in [3.8, 4) is 17.1 Å². The minimum absolute atomic E-state index is 0.0153. The topological polar surface area (TPSA) is 86.0 Å². The second kappa shape index (κ2) is 9.75. The molecular formula is C25H28BrN5OS. The number of thiophene rings is 1. The number of methoxy groups -OCH3 is 1. The highest BCUT2D eigenvalue weighted by molar-refractivity contribution is 9.10. The van der Waals surface area contributed by atoms with Gasteiger partial charge < -0.3 is 15.8 Å². The van der Waals surface area contributed by atoms with E-state index in [1.165, 1.54) is 4.88 Å². The number of nitrogens with one attached hydrogen (secondary N) is 1. The van der Waals surface area contributed by atoms with Gasteiger partial charge in [-0.2, -0.15) is 0 Å². The molecule has 4 rings (SSSR count). The van der Waals surface area contributed by atoms with Gasteiger partial charge in [0.15, 0.2) is 5.82 Å². The molecule has 8 heteroatoms. The van der Waals surface area contributed by atoms with Gasteiger partial charge in [0.1, 0.15) is 17.1 Å². The van der Waals surface area contributed by atoms with E-state index in [0.717, 1.165) is 37.4 Å². The number of halogens is 1. The third-order valence-corrected chi connectivity index (χ3v) is 7.95. The highest BCUT2D eigenvalue weighted by Crippen LogP contribution is 2.44. The summed E-state index contributed by atoms with van der Waals surface area (Å²) in [4.78, 5) is 15.1. The van der Waals surface area contributed by atoms with Gasteiger partial charge in [-0.3, -0.25) is 4.98 Å². The van der Waals surface area contributed by atoms with Crippen molar-refractivity contribution in [2.45, 2.75) is 38.6 Å². The summed E-state index contributed by atoms with van der Waals surface area (Å²) in [5, 5.41) is 3.50. The Morgan fingerprint density at radius 2 is 1.85 bits per heavy atom. The maximum Gasteiger partial charge on any atom is 0.162 e. The molecule has 1 aromatic carbocycles. The Balaban J connectivity index is 1.68. The molecule has 0 saturated heterocycles. The van der Waals surface area contributed by atoms with E-state index < -0.39 is 0 Å². The van der Waals surface area contributed by atoms with Gasteiger partial charge >= 0.3 is 0 Å². The van der Waals surface area contributed by atoms with Gasteiger partial charge in [-0.15, -0.1) is 11.3 Å². The Hall–Kier alpha value is -2.55. The van der Waals surface area contributed by atoms with E-state index in [9.17, 15) is 0 Å². The van der Waals surface area contributed by atoms with Gasteiger partial charge in [-0.25, -0.2) is 9.97 Å². The Kier molecular flexibility index (Phi) is 6.97. The Labute approximate surface area is 206 Å². The van der Waals surface area contributed by atoms with E-state index in [4.69, 9.17) is 20.4 Å². The lowest BCUT2D eigenvalue weighted by Gasteiger charge is -2.16. The average molecular weight is 527 g/mol. The predicted molar refractivity (Wildman–Crippen MR) is 140 cm³/mol. The van der Waals surface area contributed by atoms with E-state index in [1.54, 1.807) is 30.8 Å². The number of nitrogens with two attached hydrogens (primary N) is 1. The molecule has 1 atom stereocenters. The number of ether oxygens (including phenoxy) is 1. The molecule has 0 aliphatic heterocycles. The zero-order chi connectivity index (χ0) is 23.6. The SMILES string of the molecule is COc1ccccc1C[C@H](N)CNc1nc(-c2ccncc2)nc2c(Br)c(C(C)(C)C)sc12. The van der Waals surface area contributed by atoms with Crippen molar-refractivity contribution in [2.75, 3.05) is 19.0 Å². The average Bonchev–Trinajstić information content (AvgIpc) is 3.15. The minimum atomic E-state index is -0.110. The van der Waals surface area contributed by atoms with E-state index in [-0.39, 0.29) is 11.5 Å². The molecular weight excluding hydrogens is 498 g/mol. The van der Waals surface area contributed by atoms with Crippen molar-refractivity contribution in [1.82, 2.24) is 15.0 Å². The molecule has 3 heterocycles. The molecule has 3 aromatic heterocycles. The second-order valence-electron chi connectivity index (χ2n) is 8.96. The number of benzene rings is 1. The van der Waals surface area contributed by atoms with Crippen molar-refractivity contribution < 1.29 is 4.74 Å². The maximum absolute atomic E-state index is 6.50. The van der Waals surface area contributed by atoms with Crippen LogP contribution in [0.15, 0.2) is 53.3 Å². The number of pyridine rings is 1. The predicted octanol–water partition coefficient (Wildman–Crippen LogP) is 5.80. The van der Waals surface area contributed by atoms with Gasteiger partial charge in [-0.1, -0.05) is 39.0 Å². The van der Waals surface area contributed by atoms with E-state index in [2.05, 4.69) is 53.1 Å². The molecule has 0 aliphatic rings. The molecule has 0 spiro atoms. The number of anilines is 1. The van der Waals surface area contributed by atoms with Gasteiger partial charge in [0, 0.05) is 35.4 Å². The van der Waals surface area contributed by atoms with E-state index in [0.29, 0.717) is 18.8 Å². The minimum Gasteiger partial charge on any atom is -0.496 e. The zero-order valence-corrected chi connectivity index (χ0v) is 21.6. The third kappa shape index (κ3) is 5.18. The molecule has 33 heavy (non-hydrogen) atoms. The number of fused-ring (bicyclic) bond motifs is 1. The van der Waals surface area contributed by atoms with Gasteiger partial charge in [-0.05, 0) is 51.5 Å². The third-order valence-electron chi connectivity index (χ3n) is 5.30. The fourth-order valence-corrected chi connectivity index (χ4v) is 6.05. The summed E-state index contributed by atoms with van der Waals surface area (Å²) in [7, 11) is 1.68. The quantitative estimate of drug-likeness (QED) is 0.317. The van der Waals surface area contributed by atoms with E-state index in [1.807, 2.05) is 30.3 Å². The fourth-order valence-electron chi connectivity index (χ4n) is 3.64. The largest absolute Gasteiger partial charge is 0.496 e. The van der Waals surface area contributed by atoms with Crippen LogP contribution in [0.2, 0.25) is 0 Å². The van der Waals surface area contributed by atoms with Gasteiger partial charge in [0.05, 0.1) is 16.3 Å². The molecule has 0 aliphatic carbocycles. The summed E-state index contributed by atoms with van der Waals surface area (Å²) in [5.41, 5.74) is 9.40. The van der Waals surface area contributed by atoms with Crippen molar-refractivity contribution >= 4 is 43.3 Å². The molecule has 0 radical (unpaired) electrons. The van der Waals surface area contributed by atoms with Crippen LogP contribution in [0.5, 0.6) is 5.75 Å². The second-order valence-corrected chi connectivity index (χ2v) is 10.8. The van der Waals surface area contributed by atoms with Crippen molar-refractivity contribution in [3.63, 3.8) is 0 Å². The highest BCUT2D eigenvalue weighted by Gasteiger charge is 2.25. The van der Waals surface area contributed by atoms with Crippen LogP contribution in [0.3, 0.4) is 0 Å². The number of nitrogens with zero attached hydrogens (tertiary/aromatic N) is 3. The molecule has 0 fully saturated rings. The summed E-state index contributed by atoms with van der Waals surface area (Å²) < 4.78 is 7.52. The van der Waals surface area contributed by atoms with Crippen molar-refractivity contribution in [3.05, 3.63) is 63.7 Å². The Bertz CT molecular complexity index is 1250. The lowest BCUT2D eigenvalue weighted by Crippen LogP contribution is -2.31. The Morgan fingerprint density at radius 3 is 2.55 bits per heavy atom. The molecule has 0 saturated carbocycles. The van der Waals surface area contributed by atoms with E-state index >= 15 is 0 Å². The highest BCUT2D eigenvalue weighted by atomic mass is 79.9. The molecule has 6 nitrogen and oxygen atoms in total. The summed E-state index contributed by atoms with van der Waals surface area (Å²) in [6, 6.07) is 11.7. The fraction of sp³-hybridized carbons (Fsp3) is 0.320. The number of rotatable bonds is 7. The number of aromatic nitrogens is 3. The summed E-state index contributed by atoms with van der Waals surface area (Å²) in [6.07, 6.45) is 4.20. The maximum atomic E-state index is 6.50. The number of hydrogen-bond donors (Lipinski definition) is 2. The van der Waals surface area contributed by atoms with Crippen molar-refractivity contribution in [1.29, 1.82) is 0 Å². The van der Waals surface area contributed by atoms with Crippen LogP contribution < -0.4 is 15.8 Å². The summed E-state index contributed by atoms with van der Waals surface area (Å²) in [6.45, 7) is 7.18. The molecule has 4 aromatic rings.